The number of fused-ring (bicyclic) bond motifs is 1. The van der Waals surface area contributed by atoms with E-state index in [1.165, 1.54) is 0 Å². The Balaban J connectivity index is 2.21. The zero-order valence-corrected chi connectivity index (χ0v) is 8.60. The Kier molecular flexibility index (Phi) is 2.46. The first kappa shape index (κ1) is 9.52. The van der Waals surface area contributed by atoms with Gasteiger partial charge in [-0.2, -0.15) is 5.10 Å². The van der Waals surface area contributed by atoms with Crippen LogP contribution in [0.5, 0.6) is 5.88 Å². The third-order valence-electron chi connectivity index (χ3n) is 2.60. The Bertz CT molecular complexity index is 320. The van der Waals surface area contributed by atoms with Gasteiger partial charge in [-0.25, -0.2) is 4.68 Å². The molecular formula is C10H16N2O2. The molecule has 1 N–H and O–H groups in total. The molecule has 1 aromatic heterocycles. The first-order chi connectivity index (χ1) is 6.70. The summed E-state index contributed by atoms with van der Waals surface area (Å²) in [7, 11) is 0. The molecule has 2 atom stereocenters. The van der Waals surface area contributed by atoms with E-state index in [1.54, 1.807) is 6.92 Å². The Hall–Kier alpha value is -1.03. The summed E-state index contributed by atoms with van der Waals surface area (Å²) in [6, 6.07) is 1.83. The summed E-state index contributed by atoms with van der Waals surface area (Å²) in [5, 5.41) is 13.6. The van der Waals surface area contributed by atoms with Gasteiger partial charge in [-0.1, -0.05) is 6.92 Å². The number of hydrogen-bond donors (Lipinski definition) is 1. The van der Waals surface area contributed by atoms with Gasteiger partial charge in [-0.05, 0) is 13.3 Å². The molecule has 4 nitrogen and oxygen atoms in total. The fourth-order valence-electron chi connectivity index (χ4n) is 1.66. The monoisotopic (exact) mass is 196 g/mol. The van der Waals surface area contributed by atoms with E-state index >= 15 is 0 Å². The van der Waals surface area contributed by atoms with Crippen molar-refractivity contribution in [1.82, 2.24) is 9.78 Å². The summed E-state index contributed by atoms with van der Waals surface area (Å²) in [6.07, 6.45) is 1.82. The van der Waals surface area contributed by atoms with Crippen LogP contribution >= 0.6 is 0 Å². The molecule has 0 spiro atoms. The van der Waals surface area contributed by atoms with Crippen LogP contribution in [-0.2, 0) is 6.54 Å². The molecule has 2 heterocycles. The van der Waals surface area contributed by atoms with Gasteiger partial charge in [0.2, 0.25) is 5.88 Å². The molecule has 0 aliphatic carbocycles. The molecule has 1 aliphatic rings. The first-order valence-electron chi connectivity index (χ1n) is 5.13. The van der Waals surface area contributed by atoms with Gasteiger partial charge in [0.05, 0.1) is 11.8 Å². The molecule has 0 bridgehead atoms. The predicted octanol–water partition coefficient (Wildman–Crippen LogP) is 1.50. The van der Waals surface area contributed by atoms with Gasteiger partial charge >= 0.3 is 0 Å². The second-order valence-corrected chi connectivity index (χ2v) is 3.74. The van der Waals surface area contributed by atoms with Crippen LogP contribution in [0.3, 0.4) is 0 Å². The van der Waals surface area contributed by atoms with E-state index in [0.29, 0.717) is 11.8 Å². The van der Waals surface area contributed by atoms with Crippen molar-refractivity contribution in [1.29, 1.82) is 0 Å². The molecule has 14 heavy (non-hydrogen) atoms. The molecule has 1 aliphatic heterocycles. The van der Waals surface area contributed by atoms with Crippen LogP contribution in [0, 0.1) is 0 Å². The number of nitrogens with zero attached hydrogens (tertiary/aromatic N) is 2. The molecular weight excluding hydrogens is 180 g/mol. The molecule has 0 radical (unpaired) electrons. The van der Waals surface area contributed by atoms with E-state index < -0.39 is 6.10 Å². The van der Waals surface area contributed by atoms with Crippen molar-refractivity contribution < 1.29 is 9.84 Å². The second-order valence-electron chi connectivity index (χ2n) is 3.74. The van der Waals surface area contributed by atoms with E-state index in [4.69, 9.17) is 4.74 Å². The first-order valence-corrected chi connectivity index (χ1v) is 5.13. The van der Waals surface area contributed by atoms with Crippen molar-refractivity contribution >= 4 is 0 Å². The average molecular weight is 196 g/mol. The maximum atomic E-state index is 9.36. The molecule has 2 rings (SSSR count). The zero-order chi connectivity index (χ0) is 10.1. The molecule has 78 valence electrons. The Morgan fingerprint density at radius 2 is 2.57 bits per heavy atom. The fraction of sp³-hybridized carbons (Fsp3) is 0.700. The lowest BCUT2D eigenvalue weighted by atomic mass is 10.2. The average Bonchev–Trinajstić information content (AvgIpc) is 2.59. The van der Waals surface area contributed by atoms with Gasteiger partial charge in [0.25, 0.3) is 0 Å². The van der Waals surface area contributed by atoms with Crippen LogP contribution in [0.1, 0.15) is 38.5 Å². The van der Waals surface area contributed by atoms with Gasteiger partial charge in [0.15, 0.2) is 0 Å². The predicted molar refractivity (Wildman–Crippen MR) is 52.2 cm³/mol. The highest BCUT2D eigenvalue weighted by Gasteiger charge is 2.21. The third-order valence-corrected chi connectivity index (χ3v) is 2.60. The summed E-state index contributed by atoms with van der Waals surface area (Å²) < 4.78 is 7.53. The summed E-state index contributed by atoms with van der Waals surface area (Å²) in [6.45, 7) is 4.72. The number of aromatic nitrogens is 2. The molecule has 0 aromatic carbocycles. The largest absolute Gasteiger partial charge is 0.474 e. The minimum atomic E-state index is -0.517. The highest BCUT2D eigenvalue weighted by atomic mass is 16.5. The van der Waals surface area contributed by atoms with Gasteiger partial charge in [0, 0.05) is 19.0 Å². The highest BCUT2D eigenvalue weighted by molar-refractivity contribution is 5.19. The van der Waals surface area contributed by atoms with Crippen LogP contribution in [0.4, 0.5) is 0 Å². The standard InChI is InChI=1S/C10H16N2O2/c1-3-8-4-5-12-10(14-8)6-9(11-12)7(2)13/h6-8,13H,3-5H2,1-2H3. The Labute approximate surface area is 83.5 Å². The molecule has 4 heteroatoms. The summed E-state index contributed by atoms with van der Waals surface area (Å²) in [5.41, 5.74) is 0.691. The molecule has 0 amide bonds. The zero-order valence-electron chi connectivity index (χ0n) is 8.60. The van der Waals surface area contributed by atoms with E-state index in [-0.39, 0.29) is 0 Å². The molecule has 0 fully saturated rings. The minimum Gasteiger partial charge on any atom is -0.474 e. The quantitative estimate of drug-likeness (QED) is 0.779. The maximum absolute atomic E-state index is 9.36. The molecule has 0 saturated carbocycles. The van der Waals surface area contributed by atoms with Crippen molar-refractivity contribution in [2.24, 2.45) is 0 Å². The molecule has 2 unspecified atom stereocenters. The summed E-state index contributed by atoms with van der Waals surface area (Å²) >= 11 is 0. The van der Waals surface area contributed by atoms with E-state index in [9.17, 15) is 5.11 Å². The summed E-state index contributed by atoms with van der Waals surface area (Å²) in [4.78, 5) is 0. The normalized spacial score (nSPS) is 22.6. The number of aliphatic hydroxyl groups excluding tert-OH is 1. The number of aliphatic hydroxyl groups is 1. The number of ether oxygens (including phenoxy) is 1. The van der Waals surface area contributed by atoms with Crippen molar-refractivity contribution in [3.05, 3.63) is 11.8 Å². The number of rotatable bonds is 2. The van der Waals surface area contributed by atoms with E-state index in [2.05, 4.69) is 12.0 Å². The third kappa shape index (κ3) is 1.62. The second kappa shape index (κ2) is 3.61. The lowest BCUT2D eigenvalue weighted by Crippen LogP contribution is -2.25. The molecule has 1 aromatic rings. The van der Waals surface area contributed by atoms with Crippen molar-refractivity contribution in [3.8, 4) is 5.88 Å². The van der Waals surface area contributed by atoms with Crippen molar-refractivity contribution in [2.75, 3.05) is 0 Å². The van der Waals surface area contributed by atoms with Crippen LogP contribution in [0.15, 0.2) is 6.07 Å². The summed E-state index contributed by atoms with van der Waals surface area (Å²) in [5.74, 6) is 0.791. The van der Waals surface area contributed by atoms with Crippen molar-refractivity contribution in [3.63, 3.8) is 0 Å². The Morgan fingerprint density at radius 1 is 1.79 bits per heavy atom. The van der Waals surface area contributed by atoms with Gasteiger partial charge in [-0.15, -0.1) is 0 Å². The maximum Gasteiger partial charge on any atom is 0.212 e. The van der Waals surface area contributed by atoms with E-state index in [1.807, 2.05) is 10.7 Å². The van der Waals surface area contributed by atoms with Crippen molar-refractivity contribution in [2.45, 2.75) is 45.4 Å². The minimum absolute atomic E-state index is 0.307. The Morgan fingerprint density at radius 3 is 3.21 bits per heavy atom. The topological polar surface area (TPSA) is 47.3 Å². The smallest absolute Gasteiger partial charge is 0.212 e. The van der Waals surface area contributed by atoms with E-state index in [0.717, 1.165) is 25.3 Å². The number of aryl methyl sites for hydroxylation is 1. The lowest BCUT2D eigenvalue weighted by Gasteiger charge is -2.23. The van der Waals surface area contributed by atoms with Gasteiger partial charge in [-0.3, -0.25) is 0 Å². The van der Waals surface area contributed by atoms with Crippen LogP contribution in [-0.4, -0.2) is 21.0 Å². The van der Waals surface area contributed by atoms with Crippen LogP contribution in [0.25, 0.3) is 0 Å². The SMILES string of the molecule is CCC1CCn2nc(C(C)O)cc2O1. The van der Waals surface area contributed by atoms with Crippen LogP contribution in [0.2, 0.25) is 0 Å². The lowest BCUT2D eigenvalue weighted by molar-refractivity contribution is 0.129. The van der Waals surface area contributed by atoms with Gasteiger partial charge in [0.1, 0.15) is 6.10 Å². The highest BCUT2D eigenvalue weighted by Crippen LogP contribution is 2.25. The van der Waals surface area contributed by atoms with Crippen LogP contribution < -0.4 is 4.74 Å². The fourth-order valence-corrected chi connectivity index (χ4v) is 1.66. The number of hydrogen-bond acceptors (Lipinski definition) is 3. The van der Waals surface area contributed by atoms with Gasteiger partial charge < -0.3 is 9.84 Å². The molecule has 0 saturated heterocycles.